The number of ether oxygens (including phenoxy) is 3. The van der Waals surface area contributed by atoms with Crippen molar-refractivity contribution >= 4 is 17.9 Å². The van der Waals surface area contributed by atoms with Crippen LogP contribution < -0.4 is 0 Å². The highest BCUT2D eigenvalue weighted by Crippen LogP contribution is 2.15. The quantitative estimate of drug-likeness (QED) is 0.0261. The molecule has 0 radical (unpaired) electrons. The SMILES string of the molecule is CC/C=C\C/C=C\C/C=C\C/C=C\C/C=C\C/C=C\C/C=C\CCCCCCCCCCCC(=O)OCC(COC(=O)CCCCCCC/C=C\CCCC)OC(=O)CCCCCCC/C=C\CCCCCCC. The van der Waals surface area contributed by atoms with Crippen molar-refractivity contribution in [2.75, 3.05) is 13.2 Å². The summed E-state index contributed by atoms with van der Waals surface area (Å²) in [6.45, 7) is 6.46. The van der Waals surface area contributed by atoms with E-state index in [9.17, 15) is 14.4 Å². The number of unbranched alkanes of at least 4 members (excludes halogenated alkanes) is 26. The summed E-state index contributed by atoms with van der Waals surface area (Å²) in [6.07, 6.45) is 83.8. The Morgan fingerprint density at radius 1 is 0.284 bits per heavy atom. The van der Waals surface area contributed by atoms with Crippen LogP contribution in [0.15, 0.2) is 109 Å². The first-order valence-corrected chi connectivity index (χ1v) is 30.9. The third-order valence-corrected chi connectivity index (χ3v) is 13.0. The van der Waals surface area contributed by atoms with Crippen molar-refractivity contribution in [1.29, 1.82) is 0 Å². The largest absolute Gasteiger partial charge is 0.462 e. The molecule has 0 saturated carbocycles. The summed E-state index contributed by atoms with van der Waals surface area (Å²) in [6, 6.07) is 0. The number of carbonyl (C=O) groups excluding carboxylic acids is 3. The smallest absolute Gasteiger partial charge is 0.306 e. The van der Waals surface area contributed by atoms with Gasteiger partial charge in [0.05, 0.1) is 0 Å². The summed E-state index contributed by atoms with van der Waals surface area (Å²) < 4.78 is 16.8. The van der Waals surface area contributed by atoms with Crippen molar-refractivity contribution in [3.8, 4) is 0 Å². The molecule has 6 heteroatoms. The number of hydrogen-bond acceptors (Lipinski definition) is 6. The fourth-order valence-corrected chi connectivity index (χ4v) is 8.34. The molecule has 0 aliphatic rings. The Kier molecular flexibility index (Phi) is 58.3. The van der Waals surface area contributed by atoms with Gasteiger partial charge in [-0.05, 0) is 122 Å². The molecule has 0 heterocycles. The van der Waals surface area contributed by atoms with Crippen molar-refractivity contribution in [1.82, 2.24) is 0 Å². The third kappa shape index (κ3) is 59.0. The number of carbonyl (C=O) groups is 3. The van der Waals surface area contributed by atoms with Crippen LogP contribution in [-0.4, -0.2) is 37.2 Å². The van der Waals surface area contributed by atoms with Crippen LogP contribution in [0.2, 0.25) is 0 Å². The van der Waals surface area contributed by atoms with Crippen LogP contribution >= 0.6 is 0 Å². The zero-order valence-electron chi connectivity index (χ0n) is 48.3. The van der Waals surface area contributed by atoms with E-state index < -0.39 is 6.10 Å². The lowest BCUT2D eigenvalue weighted by Crippen LogP contribution is -2.30. The van der Waals surface area contributed by atoms with Gasteiger partial charge >= 0.3 is 17.9 Å². The Labute approximate surface area is 457 Å². The highest BCUT2D eigenvalue weighted by atomic mass is 16.6. The number of esters is 3. The highest BCUT2D eigenvalue weighted by molar-refractivity contribution is 5.71. The summed E-state index contributed by atoms with van der Waals surface area (Å²) in [5.74, 6) is -0.908. The summed E-state index contributed by atoms with van der Waals surface area (Å²) in [7, 11) is 0. The van der Waals surface area contributed by atoms with Crippen LogP contribution in [0.25, 0.3) is 0 Å². The summed E-state index contributed by atoms with van der Waals surface area (Å²) in [4.78, 5) is 38.1. The summed E-state index contributed by atoms with van der Waals surface area (Å²) >= 11 is 0. The highest BCUT2D eigenvalue weighted by Gasteiger charge is 2.19. The van der Waals surface area contributed by atoms with E-state index in [-0.39, 0.29) is 31.1 Å². The van der Waals surface area contributed by atoms with Gasteiger partial charge in [-0.25, -0.2) is 0 Å². The van der Waals surface area contributed by atoms with Crippen LogP contribution in [0.5, 0.6) is 0 Å². The van der Waals surface area contributed by atoms with Gasteiger partial charge in [-0.15, -0.1) is 0 Å². The molecule has 6 nitrogen and oxygen atoms in total. The third-order valence-electron chi connectivity index (χ3n) is 13.0. The van der Waals surface area contributed by atoms with Gasteiger partial charge in [0.15, 0.2) is 6.10 Å². The molecule has 0 rings (SSSR count). The second kappa shape index (κ2) is 61.6. The van der Waals surface area contributed by atoms with Gasteiger partial charge in [0.1, 0.15) is 13.2 Å². The van der Waals surface area contributed by atoms with Crippen LogP contribution in [0.1, 0.15) is 284 Å². The van der Waals surface area contributed by atoms with E-state index in [1.54, 1.807) is 0 Å². The molecular weight excluding hydrogens is 913 g/mol. The molecule has 0 fully saturated rings. The maximum absolute atomic E-state index is 12.8. The van der Waals surface area contributed by atoms with Crippen molar-refractivity contribution in [2.24, 2.45) is 0 Å². The number of rotatable bonds is 55. The first-order valence-electron chi connectivity index (χ1n) is 30.9. The first-order chi connectivity index (χ1) is 36.5. The average molecular weight is 1030 g/mol. The summed E-state index contributed by atoms with van der Waals surface area (Å²) in [5.41, 5.74) is 0. The van der Waals surface area contributed by atoms with Gasteiger partial charge in [0.2, 0.25) is 0 Å². The van der Waals surface area contributed by atoms with E-state index in [1.807, 2.05) is 0 Å². The Hall–Kier alpha value is -3.93. The molecule has 0 amide bonds. The first kappa shape index (κ1) is 70.1. The van der Waals surface area contributed by atoms with Crippen molar-refractivity contribution in [2.45, 2.75) is 290 Å². The Morgan fingerprint density at radius 2 is 0.541 bits per heavy atom. The minimum Gasteiger partial charge on any atom is -0.462 e. The Bertz CT molecular complexity index is 1510. The van der Waals surface area contributed by atoms with Crippen molar-refractivity contribution in [3.63, 3.8) is 0 Å². The van der Waals surface area contributed by atoms with Gasteiger partial charge in [0.25, 0.3) is 0 Å². The zero-order valence-corrected chi connectivity index (χ0v) is 48.3. The maximum Gasteiger partial charge on any atom is 0.306 e. The number of allylic oxidation sites excluding steroid dienone is 18. The topological polar surface area (TPSA) is 78.9 Å². The molecule has 422 valence electrons. The molecule has 0 bridgehead atoms. The molecule has 0 saturated heterocycles. The lowest BCUT2D eigenvalue weighted by Gasteiger charge is -2.18. The summed E-state index contributed by atoms with van der Waals surface area (Å²) in [5, 5.41) is 0. The molecule has 1 atom stereocenters. The van der Waals surface area contributed by atoms with Crippen LogP contribution in [0.3, 0.4) is 0 Å². The Balaban J connectivity index is 4.23. The van der Waals surface area contributed by atoms with Gasteiger partial charge in [-0.2, -0.15) is 0 Å². The molecule has 74 heavy (non-hydrogen) atoms. The molecule has 0 aromatic carbocycles. The van der Waals surface area contributed by atoms with Crippen LogP contribution in [0.4, 0.5) is 0 Å². The van der Waals surface area contributed by atoms with E-state index >= 15 is 0 Å². The van der Waals surface area contributed by atoms with E-state index in [2.05, 4.69) is 130 Å². The number of hydrogen-bond donors (Lipinski definition) is 0. The van der Waals surface area contributed by atoms with Crippen molar-refractivity contribution < 1.29 is 28.6 Å². The van der Waals surface area contributed by atoms with Crippen LogP contribution in [-0.2, 0) is 28.6 Å². The van der Waals surface area contributed by atoms with Gasteiger partial charge in [0, 0.05) is 19.3 Å². The van der Waals surface area contributed by atoms with Gasteiger partial charge in [-0.1, -0.05) is 252 Å². The lowest BCUT2D eigenvalue weighted by molar-refractivity contribution is -0.167. The van der Waals surface area contributed by atoms with Crippen LogP contribution in [0, 0.1) is 0 Å². The van der Waals surface area contributed by atoms with E-state index in [1.165, 1.54) is 116 Å². The predicted octanol–water partition coefficient (Wildman–Crippen LogP) is 21.0. The molecule has 0 spiro atoms. The second-order valence-corrected chi connectivity index (χ2v) is 20.2. The molecule has 0 aliphatic carbocycles. The average Bonchev–Trinajstić information content (AvgIpc) is 3.40. The molecule has 0 N–H and O–H groups in total. The minimum atomic E-state index is -0.788. The van der Waals surface area contributed by atoms with E-state index in [0.29, 0.717) is 19.3 Å². The predicted molar refractivity (Wildman–Crippen MR) is 320 cm³/mol. The maximum atomic E-state index is 12.8. The van der Waals surface area contributed by atoms with Crippen molar-refractivity contribution in [3.05, 3.63) is 109 Å². The Morgan fingerprint density at radius 3 is 0.878 bits per heavy atom. The normalized spacial score (nSPS) is 12.9. The van der Waals surface area contributed by atoms with E-state index in [0.717, 1.165) is 128 Å². The standard InChI is InChI=1S/C68H114O6/c1-4-7-10-13-16-19-22-24-26-27-28-29-30-31-32-33-34-35-36-37-38-39-40-41-42-44-46-49-52-55-58-61-67(70)73-64-65(63-72-66(69)60-57-54-51-48-45-21-18-15-12-9-6-3)74-68(71)62-59-56-53-50-47-43-25-23-20-17-14-11-8-5-2/h7,10,15-16,18-19,23-26,28-29,31-32,34-35,37-38,65H,4-6,8-9,11-14,17,20-22,27,30,33,36,39-64H2,1-3H3/b10-7-,18-15-,19-16-,25-23-,26-24-,29-28-,32-31-,35-34-,38-37-. The molecule has 0 aliphatic heterocycles. The monoisotopic (exact) mass is 1030 g/mol. The fraction of sp³-hybridized carbons (Fsp3) is 0.691. The van der Waals surface area contributed by atoms with Gasteiger partial charge < -0.3 is 14.2 Å². The molecule has 1 unspecified atom stereocenters. The second-order valence-electron chi connectivity index (χ2n) is 20.2. The molecule has 0 aromatic rings. The molecule has 0 aromatic heterocycles. The zero-order chi connectivity index (χ0) is 53.6. The minimum absolute atomic E-state index is 0.0870. The fourth-order valence-electron chi connectivity index (χ4n) is 8.34. The lowest BCUT2D eigenvalue weighted by atomic mass is 10.1. The van der Waals surface area contributed by atoms with E-state index in [4.69, 9.17) is 14.2 Å². The van der Waals surface area contributed by atoms with Gasteiger partial charge in [-0.3, -0.25) is 14.4 Å². The molecular formula is C68H114O6.